The maximum absolute atomic E-state index is 13.1. The van der Waals surface area contributed by atoms with E-state index in [1.807, 2.05) is 56.3 Å². The first-order valence-electron chi connectivity index (χ1n) is 9.98. The highest BCUT2D eigenvalue weighted by atomic mass is 32.2. The summed E-state index contributed by atoms with van der Waals surface area (Å²) < 4.78 is 30.4. The Morgan fingerprint density at radius 3 is 2.43 bits per heavy atom. The second-order valence-electron chi connectivity index (χ2n) is 7.89. The third kappa shape index (κ3) is 3.94. The molecule has 1 N–H and O–H groups in total. The van der Waals surface area contributed by atoms with Crippen molar-refractivity contribution >= 4 is 27.1 Å². The minimum Gasteiger partial charge on any atom is -0.343 e. The summed E-state index contributed by atoms with van der Waals surface area (Å²) in [6, 6.07) is 17.4. The molecule has 6 heteroatoms. The lowest BCUT2D eigenvalue weighted by molar-refractivity contribution is 0.592. The molecule has 0 fully saturated rings. The average molecular weight is 418 g/mol. The molecule has 0 amide bonds. The third-order valence-electron chi connectivity index (χ3n) is 5.63. The van der Waals surface area contributed by atoms with Gasteiger partial charge in [0.2, 0.25) is 0 Å². The van der Waals surface area contributed by atoms with Gasteiger partial charge in [-0.05, 0) is 59.7 Å². The van der Waals surface area contributed by atoms with E-state index in [2.05, 4.69) is 15.8 Å². The number of amidine groups is 1. The van der Waals surface area contributed by atoms with Crippen LogP contribution < -0.4 is 5.32 Å². The third-order valence-corrected chi connectivity index (χ3v) is 7.21. The molecule has 5 nitrogen and oxygen atoms in total. The van der Waals surface area contributed by atoms with Crippen LogP contribution in [0.25, 0.3) is 5.57 Å². The predicted molar refractivity (Wildman–Crippen MR) is 120 cm³/mol. The lowest BCUT2D eigenvalue weighted by Crippen LogP contribution is -2.29. The van der Waals surface area contributed by atoms with E-state index in [1.54, 1.807) is 18.2 Å². The van der Waals surface area contributed by atoms with Gasteiger partial charge in [-0.2, -0.15) is 13.7 Å². The van der Waals surface area contributed by atoms with E-state index >= 15 is 0 Å². The van der Waals surface area contributed by atoms with Gasteiger partial charge < -0.3 is 5.32 Å². The summed E-state index contributed by atoms with van der Waals surface area (Å²) in [5, 5.41) is 12.2. The van der Waals surface area contributed by atoms with Crippen LogP contribution in [0, 0.1) is 23.2 Å². The standard InChI is InChI=1S/C24H23N3O2S/c1-16-13-20(19-9-7-18(15-25)8-10-19)11-12-23(16)30(28,29)27-24-17(2)14-21-5-3-4-6-22(21)26-24/h3-12,16-17H,13-14H2,1-2H3,(H,26,27). The topological polar surface area (TPSA) is 82.3 Å². The lowest BCUT2D eigenvalue weighted by Gasteiger charge is -2.26. The molecule has 2 unspecified atom stereocenters. The molecule has 1 aliphatic heterocycles. The first-order chi connectivity index (χ1) is 14.4. The Kier molecular flexibility index (Phi) is 5.31. The second-order valence-corrected chi connectivity index (χ2v) is 9.50. The second kappa shape index (κ2) is 7.92. The molecular weight excluding hydrogens is 394 g/mol. The van der Waals surface area contributed by atoms with Gasteiger partial charge in [0.15, 0.2) is 0 Å². The van der Waals surface area contributed by atoms with E-state index in [0.29, 0.717) is 22.7 Å². The van der Waals surface area contributed by atoms with E-state index in [-0.39, 0.29) is 11.8 Å². The molecule has 2 aromatic rings. The normalized spacial score (nSPS) is 22.4. The Morgan fingerprint density at radius 2 is 1.73 bits per heavy atom. The summed E-state index contributed by atoms with van der Waals surface area (Å²) in [6.45, 7) is 3.89. The smallest absolute Gasteiger partial charge is 0.280 e. The highest BCUT2D eigenvalue weighted by Gasteiger charge is 2.29. The molecule has 0 spiro atoms. The maximum Gasteiger partial charge on any atom is 0.280 e. The van der Waals surface area contributed by atoms with Gasteiger partial charge in [-0.25, -0.2) is 0 Å². The number of anilines is 1. The van der Waals surface area contributed by atoms with E-state index in [1.165, 1.54) is 5.56 Å². The highest BCUT2D eigenvalue weighted by Crippen LogP contribution is 2.35. The van der Waals surface area contributed by atoms with Crippen LogP contribution in [0.2, 0.25) is 0 Å². The Balaban J connectivity index is 1.62. The lowest BCUT2D eigenvalue weighted by atomic mass is 9.90. The Labute approximate surface area is 177 Å². The van der Waals surface area contributed by atoms with Crippen molar-refractivity contribution in [1.29, 1.82) is 5.26 Å². The summed E-state index contributed by atoms with van der Waals surface area (Å²) >= 11 is 0. The zero-order chi connectivity index (χ0) is 21.3. The molecule has 30 heavy (non-hydrogen) atoms. The number of rotatable bonds is 3. The largest absolute Gasteiger partial charge is 0.343 e. The zero-order valence-corrected chi connectivity index (χ0v) is 17.8. The summed E-state index contributed by atoms with van der Waals surface area (Å²) in [4.78, 5) is 0.334. The molecule has 0 saturated carbocycles. The number of hydrogen-bond donors (Lipinski definition) is 1. The van der Waals surface area contributed by atoms with Crippen LogP contribution in [0.4, 0.5) is 5.69 Å². The number of benzene rings is 2. The van der Waals surface area contributed by atoms with Gasteiger partial charge in [0, 0.05) is 11.6 Å². The van der Waals surface area contributed by atoms with Crippen LogP contribution in [-0.2, 0) is 16.4 Å². The first kappa shape index (κ1) is 20.1. The van der Waals surface area contributed by atoms with Crippen molar-refractivity contribution in [2.45, 2.75) is 26.7 Å². The summed E-state index contributed by atoms with van der Waals surface area (Å²) in [6.07, 6.45) is 4.88. The monoisotopic (exact) mass is 417 g/mol. The number of nitrogens with zero attached hydrogens (tertiary/aromatic N) is 2. The molecule has 0 bridgehead atoms. The first-order valence-corrected chi connectivity index (χ1v) is 11.4. The summed E-state index contributed by atoms with van der Waals surface area (Å²) in [7, 11) is -3.78. The molecule has 1 aliphatic carbocycles. The fourth-order valence-corrected chi connectivity index (χ4v) is 5.38. The van der Waals surface area contributed by atoms with Crippen molar-refractivity contribution in [3.63, 3.8) is 0 Å². The molecule has 2 aromatic carbocycles. The fourth-order valence-electron chi connectivity index (χ4n) is 3.96. The number of allylic oxidation sites excluding steroid dienone is 4. The van der Waals surface area contributed by atoms with E-state index in [9.17, 15) is 8.42 Å². The van der Waals surface area contributed by atoms with Gasteiger partial charge in [0.1, 0.15) is 5.84 Å². The average Bonchev–Trinajstić information content (AvgIpc) is 2.74. The van der Waals surface area contributed by atoms with Crippen LogP contribution in [-0.4, -0.2) is 14.3 Å². The molecule has 4 rings (SSSR count). The minimum absolute atomic E-state index is 0.000997. The molecule has 1 heterocycles. The number of para-hydroxylation sites is 1. The van der Waals surface area contributed by atoms with Crippen molar-refractivity contribution in [1.82, 2.24) is 0 Å². The van der Waals surface area contributed by atoms with Crippen LogP contribution >= 0.6 is 0 Å². The Bertz CT molecular complexity index is 1220. The van der Waals surface area contributed by atoms with Gasteiger partial charge in [-0.15, -0.1) is 4.40 Å². The molecule has 2 atom stereocenters. The number of sulfonamides is 1. The van der Waals surface area contributed by atoms with Crippen LogP contribution in [0.1, 0.15) is 37.0 Å². The molecule has 0 radical (unpaired) electrons. The zero-order valence-electron chi connectivity index (χ0n) is 17.0. The Hall–Kier alpha value is -3.17. The SMILES string of the molecule is CC1CC(c2ccc(C#N)cc2)=CC=C1S(=O)(=O)N=C1Nc2ccccc2CC1C. The van der Waals surface area contributed by atoms with Crippen LogP contribution in [0.3, 0.4) is 0 Å². The van der Waals surface area contributed by atoms with Crippen molar-refractivity contribution in [2.24, 2.45) is 16.2 Å². The summed E-state index contributed by atoms with van der Waals surface area (Å²) in [5.41, 5.74) is 4.74. The van der Waals surface area contributed by atoms with Crippen molar-refractivity contribution in [3.05, 3.63) is 82.3 Å². The van der Waals surface area contributed by atoms with E-state index < -0.39 is 10.0 Å². The van der Waals surface area contributed by atoms with Crippen molar-refractivity contribution in [2.75, 3.05) is 5.32 Å². The molecular formula is C24H23N3O2S. The van der Waals surface area contributed by atoms with Crippen LogP contribution in [0.5, 0.6) is 0 Å². The van der Waals surface area contributed by atoms with Gasteiger partial charge in [0.05, 0.1) is 16.5 Å². The van der Waals surface area contributed by atoms with Gasteiger partial charge in [0.25, 0.3) is 10.0 Å². The number of nitrogens with one attached hydrogen (secondary N) is 1. The van der Waals surface area contributed by atoms with Gasteiger partial charge in [-0.1, -0.05) is 50.3 Å². The van der Waals surface area contributed by atoms with Crippen molar-refractivity contribution in [3.8, 4) is 6.07 Å². The molecule has 2 aliphatic rings. The van der Waals surface area contributed by atoms with Gasteiger partial charge in [-0.3, -0.25) is 0 Å². The molecule has 0 aromatic heterocycles. The molecule has 0 saturated heterocycles. The molecule has 152 valence electrons. The van der Waals surface area contributed by atoms with Gasteiger partial charge >= 0.3 is 0 Å². The quantitative estimate of drug-likeness (QED) is 0.770. The van der Waals surface area contributed by atoms with E-state index in [4.69, 9.17) is 5.26 Å². The predicted octanol–water partition coefficient (Wildman–Crippen LogP) is 4.90. The van der Waals surface area contributed by atoms with E-state index in [0.717, 1.165) is 23.2 Å². The van der Waals surface area contributed by atoms with Crippen molar-refractivity contribution < 1.29 is 8.42 Å². The fraction of sp³-hybridized carbons (Fsp3) is 0.250. The number of hydrogen-bond acceptors (Lipinski definition) is 3. The number of nitriles is 1. The number of fused-ring (bicyclic) bond motifs is 1. The minimum atomic E-state index is -3.78. The maximum atomic E-state index is 13.1. The van der Waals surface area contributed by atoms with Crippen LogP contribution in [0.15, 0.2) is 70.0 Å². The highest BCUT2D eigenvalue weighted by molar-refractivity contribution is 7.94. The Morgan fingerprint density at radius 1 is 1.00 bits per heavy atom. The summed E-state index contributed by atoms with van der Waals surface area (Å²) in [5.74, 6) is 0.309.